The van der Waals surface area contributed by atoms with E-state index in [4.69, 9.17) is 9.15 Å². The molecule has 0 aliphatic carbocycles. The zero-order chi connectivity index (χ0) is 18.4. The van der Waals surface area contributed by atoms with Crippen molar-refractivity contribution in [2.45, 2.75) is 39.7 Å². The van der Waals surface area contributed by atoms with Crippen molar-refractivity contribution < 1.29 is 13.9 Å². The molecular formula is C17H30IN5O3. The van der Waals surface area contributed by atoms with Gasteiger partial charge in [-0.25, -0.2) is 9.78 Å². The topological polar surface area (TPSA) is 83.2 Å². The van der Waals surface area contributed by atoms with Gasteiger partial charge in [0.05, 0.1) is 19.3 Å². The highest BCUT2D eigenvalue weighted by molar-refractivity contribution is 14.0. The molecule has 0 unspecified atom stereocenters. The van der Waals surface area contributed by atoms with Crippen molar-refractivity contribution in [2.24, 2.45) is 4.99 Å². The highest BCUT2D eigenvalue weighted by Gasteiger charge is 2.24. The number of carbonyl (C=O) groups is 1. The number of hydrogen-bond donors (Lipinski definition) is 1. The van der Waals surface area contributed by atoms with Crippen LogP contribution < -0.4 is 5.32 Å². The van der Waals surface area contributed by atoms with Gasteiger partial charge in [-0.15, -0.1) is 24.0 Å². The molecule has 1 aliphatic heterocycles. The molecule has 0 aromatic carbocycles. The largest absolute Gasteiger partial charge is 0.450 e. The van der Waals surface area contributed by atoms with Gasteiger partial charge in [-0.1, -0.05) is 20.8 Å². The van der Waals surface area contributed by atoms with E-state index in [1.165, 1.54) is 0 Å². The van der Waals surface area contributed by atoms with Crippen molar-refractivity contribution in [3.63, 3.8) is 0 Å². The van der Waals surface area contributed by atoms with E-state index >= 15 is 0 Å². The predicted molar refractivity (Wildman–Crippen MR) is 111 cm³/mol. The van der Waals surface area contributed by atoms with Crippen LogP contribution in [0, 0.1) is 0 Å². The number of halogens is 1. The first kappa shape index (κ1) is 22.5. The van der Waals surface area contributed by atoms with Crippen LogP contribution in [0.1, 0.15) is 39.3 Å². The zero-order valence-electron chi connectivity index (χ0n) is 16.2. The molecule has 9 heteroatoms. The Morgan fingerprint density at radius 2 is 1.92 bits per heavy atom. The number of rotatable bonds is 3. The van der Waals surface area contributed by atoms with E-state index in [1.54, 1.807) is 18.1 Å². The molecule has 0 saturated carbocycles. The molecule has 1 aromatic rings. The molecule has 2 rings (SSSR count). The summed E-state index contributed by atoms with van der Waals surface area (Å²) in [4.78, 5) is 24.2. The van der Waals surface area contributed by atoms with Gasteiger partial charge >= 0.3 is 6.09 Å². The molecule has 8 nitrogen and oxygen atoms in total. The number of guanidine groups is 1. The Morgan fingerprint density at radius 1 is 1.31 bits per heavy atom. The van der Waals surface area contributed by atoms with Crippen LogP contribution in [0.5, 0.6) is 0 Å². The minimum absolute atomic E-state index is 0. The number of carbonyl (C=O) groups excluding carboxylic acids is 1. The van der Waals surface area contributed by atoms with Crippen molar-refractivity contribution in [1.82, 2.24) is 20.1 Å². The average molecular weight is 479 g/mol. The van der Waals surface area contributed by atoms with Gasteiger partial charge in [-0.05, 0) is 6.92 Å². The van der Waals surface area contributed by atoms with E-state index < -0.39 is 0 Å². The summed E-state index contributed by atoms with van der Waals surface area (Å²) >= 11 is 0. The number of piperazine rings is 1. The fraction of sp³-hybridized carbons (Fsp3) is 0.706. The van der Waals surface area contributed by atoms with Gasteiger partial charge in [0.15, 0.2) is 5.96 Å². The first-order valence-corrected chi connectivity index (χ1v) is 8.67. The van der Waals surface area contributed by atoms with Gasteiger partial charge < -0.3 is 24.3 Å². The quantitative estimate of drug-likeness (QED) is 0.408. The molecule has 26 heavy (non-hydrogen) atoms. The Morgan fingerprint density at radius 3 is 2.42 bits per heavy atom. The second kappa shape index (κ2) is 9.98. The van der Waals surface area contributed by atoms with Gasteiger partial charge in [0, 0.05) is 38.6 Å². The standard InChI is InChI=1S/C17H29N5O3.HI/c1-6-24-16(23)22-9-7-21(8-10-22)15(18-5)20-12-14-19-11-13(25-14)17(2,3)4;/h11H,6-10,12H2,1-5H3,(H,18,20);1H. The summed E-state index contributed by atoms with van der Waals surface area (Å²) in [5, 5.41) is 3.27. The Hall–Kier alpha value is -1.52. The normalized spacial score (nSPS) is 15.5. The van der Waals surface area contributed by atoms with Gasteiger partial charge in [-0.2, -0.15) is 0 Å². The average Bonchev–Trinajstić information content (AvgIpc) is 3.05. The molecule has 0 bridgehead atoms. The number of ether oxygens (including phenoxy) is 1. The smallest absolute Gasteiger partial charge is 0.409 e. The van der Waals surface area contributed by atoms with Crippen molar-refractivity contribution in [3.8, 4) is 0 Å². The molecule has 1 aromatic heterocycles. The summed E-state index contributed by atoms with van der Waals surface area (Å²) in [6.45, 7) is 11.6. The monoisotopic (exact) mass is 479 g/mol. The number of oxazole rings is 1. The predicted octanol–water partition coefficient (Wildman–Crippen LogP) is 2.44. The van der Waals surface area contributed by atoms with Crippen LogP contribution in [0.15, 0.2) is 15.6 Å². The van der Waals surface area contributed by atoms with Crippen molar-refractivity contribution in [3.05, 3.63) is 17.8 Å². The lowest BCUT2D eigenvalue weighted by Crippen LogP contribution is -2.53. The third kappa shape index (κ3) is 6.03. The van der Waals surface area contributed by atoms with Gasteiger partial charge in [0.2, 0.25) is 5.89 Å². The number of nitrogens with one attached hydrogen (secondary N) is 1. The Kier molecular flexibility index (Phi) is 8.65. The highest BCUT2D eigenvalue weighted by Crippen LogP contribution is 2.22. The second-order valence-corrected chi connectivity index (χ2v) is 6.94. The van der Waals surface area contributed by atoms with Crippen LogP contribution in [0.3, 0.4) is 0 Å². The highest BCUT2D eigenvalue weighted by atomic mass is 127. The first-order chi connectivity index (χ1) is 11.8. The fourth-order valence-electron chi connectivity index (χ4n) is 2.54. The van der Waals surface area contributed by atoms with E-state index in [-0.39, 0.29) is 35.5 Å². The van der Waals surface area contributed by atoms with Crippen molar-refractivity contribution in [1.29, 1.82) is 0 Å². The van der Waals surface area contributed by atoms with Crippen LogP contribution >= 0.6 is 24.0 Å². The maximum atomic E-state index is 11.8. The van der Waals surface area contributed by atoms with Gasteiger partial charge in [-0.3, -0.25) is 4.99 Å². The Labute approximate surface area is 172 Å². The SMILES string of the molecule is CCOC(=O)N1CCN(C(=NC)NCc2ncc(C(C)(C)C)o2)CC1.I. The number of hydrogen-bond acceptors (Lipinski definition) is 5. The molecule has 1 fully saturated rings. The van der Waals surface area contributed by atoms with Gasteiger partial charge in [0.25, 0.3) is 0 Å². The molecule has 1 amide bonds. The number of aromatic nitrogens is 1. The summed E-state index contributed by atoms with van der Waals surface area (Å²) in [5.74, 6) is 2.28. The summed E-state index contributed by atoms with van der Waals surface area (Å²) in [6.07, 6.45) is 1.53. The Balaban J connectivity index is 0.00000338. The third-order valence-electron chi connectivity index (χ3n) is 4.01. The van der Waals surface area contributed by atoms with Crippen LogP contribution in [0.2, 0.25) is 0 Å². The molecular weight excluding hydrogens is 449 g/mol. The molecule has 148 valence electrons. The zero-order valence-corrected chi connectivity index (χ0v) is 18.6. The van der Waals surface area contributed by atoms with Crippen molar-refractivity contribution >= 4 is 36.0 Å². The van der Waals surface area contributed by atoms with Crippen LogP contribution in [-0.4, -0.2) is 66.7 Å². The van der Waals surface area contributed by atoms with Crippen LogP contribution in [0.25, 0.3) is 0 Å². The van der Waals surface area contributed by atoms with Crippen LogP contribution in [-0.2, 0) is 16.7 Å². The molecule has 2 heterocycles. The van der Waals surface area contributed by atoms with E-state index in [0.717, 1.165) is 11.7 Å². The van der Waals surface area contributed by atoms with E-state index in [2.05, 4.69) is 41.0 Å². The third-order valence-corrected chi connectivity index (χ3v) is 4.01. The molecule has 0 spiro atoms. The molecule has 0 radical (unpaired) electrons. The van der Waals surface area contributed by atoms with E-state index in [0.29, 0.717) is 45.2 Å². The van der Waals surface area contributed by atoms with Gasteiger partial charge in [0.1, 0.15) is 5.76 Å². The lowest BCUT2D eigenvalue weighted by molar-refractivity contribution is 0.0914. The molecule has 0 atom stereocenters. The minimum Gasteiger partial charge on any atom is -0.450 e. The molecule has 1 N–H and O–H groups in total. The second-order valence-electron chi connectivity index (χ2n) is 6.94. The fourth-order valence-corrected chi connectivity index (χ4v) is 2.54. The lowest BCUT2D eigenvalue weighted by atomic mass is 9.94. The summed E-state index contributed by atoms with van der Waals surface area (Å²) in [7, 11) is 1.75. The Bertz CT molecular complexity index is 604. The van der Waals surface area contributed by atoms with E-state index in [1.807, 2.05) is 6.92 Å². The van der Waals surface area contributed by atoms with Crippen LogP contribution in [0.4, 0.5) is 4.79 Å². The maximum absolute atomic E-state index is 11.8. The number of aliphatic imine (C=N–C) groups is 1. The summed E-state index contributed by atoms with van der Waals surface area (Å²) < 4.78 is 10.8. The maximum Gasteiger partial charge on any atom is 0.409 e. The lowest BCUT2D eigenvalue weighted by Gasteiger charge is -2.35. The molecule has 1 aliphatic rings. The number of nitrogens with zero attached hydrogens (tertiary/aromatic N) is 4. The summed E-state index contributed by atoms with van der Waals surface area (Å²) in [6, 6.07) is 0. The minimum atomic E-state index is -0.250. The first-order valence-electron chi connectivity index (χ1n) is 8.67. The van der Waals surface area contributed by atoms with Crippen molar-refractivity contribution in [2.75, 3.05) is 39.8 Å². The number of amides is 1. The summed E-state index contributed by atoms with van der Waals surface area (Å²) in [5.41, 5.74) is -0.0592. The van der Waals surface area contributed by atoms with E-state index in [9.17, 15) is 4.79 Å². The molecule has 1 saturated heterocycles.